The van der Waals surface area contributed by atoms with Gasteiger partial charge in [0.05, 0.1) is 11.6 Å². The first kappa shape index (κ1) is 12.7. The molecule has 1 aromatic carbocycles. The lowest BCUT2D eigenvalue weighted by molar-refractivity contribution is -0.384. The Balaban J connectivity index is 1.81. The number of non-ortho nitro benzene ring substituents is 1. The molecule has 1 atom stereocenters. The molecule has 0 aromatic heterocycles. The molecule has 3 rings (SSSR count). The minimum atomic E-state index is -0.334. The molecule has 2 N–H and O–H groups in total. The van der Waals surface area contributed by atoms with E-state index in [0.29, 0.717) is 5.92 Å². The predicted octanol–water partition coefficient (Wildman–Crippen LogP) is 2.77. The van der Waals surface area contributed by atoms with E-state index in [0.717, 1.165) is 31.5 Å². The average molecular weight is 271 g/mol. The van der Waals surface area contributed by atoms with Crippen LogP contribution in [0, 0.1) is 16.0 Å². The highest BCUT2D eigenvalue weighted by Gasteiger charge is 2.23. The van der Waals surface area contributed by atoms with Gasteiger partial charge in [-0.15, -0.1) is 0 Å². The lowest BCUT2D eigenvalue weighted by Gasteiger charge is -2.16. The highest BCUT2D eigenvalue weighted by atomic mass is 16.6. The van der Waals surface area contributed by atoms with Crippen LogP contribution >= 0.6 is 0 Å². The van der Waals surface area contributed by atoms with Gasteiger partial charge in [0.2, 0.25) is 0 Å². The fraction of sp³-hybridized carbons (Fsp3) is 0.333. The second-order valence-electron chi connectivity index (χ2n) is 5.17. The topological polar surface area (TPSA) is 67.2 Å². The minimum Gasteiger partial charge on any atom is -0.372 e. The molecule has 0 fully saturated rings. The van der Waals surface area contributed by atoms with Crippen LogP contribution in [0.15, 0.2) is 42.2 Å². The van der Waals surface area contributed by atoms with Gasteiger partial charge in [-0.2, -0.15) is 0 Å². The van der Waals surface area contributed by atoms with E-state index in [1.165, 1.54) is 11.3 Å². The predicted molar refractivity (Wildman–Crippen MR) is 77.6 cm³/mol. The van der Waals surface area contributed by atoms with E-state index >= 15 is 0 Å². The van der Waals surface area contributed by atoms with Crippen molar-refractivity contribution in [3.63, 3.8) is 0 Å². The van der Waals surface area contributed by atoms with Crippen LogP contribution in [-0.4, -0.2) is 11.6 Å². The summed E-state index contributed by atoms with van der Waals surface area (Å²) in [7, 11) is 0. The van der Waals surface area contributed by atoms with Crippen molar-refractivity contribution in [1.82, 2.24) is 10.6 Å². The summed E-state index contributed by atoms with van der Waals surface area (Å²) < 4.78 is 0. The molecule has 20 heavy (non-hydrogen) atoms. The van der Waals surface area contributed by atoms with Crippen molar-refractivity contribution in [3.8, 4) is 0 Å². The standard InChI is InChI=1S/C15H17N3O2/c19-18(20)14-5-1-3-12(8-14)15-6-2-4-11(15)7-13-9-16-10-17-13/h1,3,5-6,8-9,11,16-17H,2,4,7,10H2. The Labute approximate surface area is 117 Å². The fourth-order valence-electron chi connectivity index (χ4n) is 2.91. The summed E-state index contributed by atoms with van der Waals surface area (Å²) in [6.45, 7) is 0.790. The SMILES string of the molecule is O=[N+]([O-])c1cccc(C2=CCCC2CC2=CNCN2)c1. The Hall–Kier alpha value is -2.30. The molecule has 1 aliphatic heterocycles. The molecule has 1 heterocycles. The van der Waals surface area contributed by atoms with E-state index in [1.807, 2.05) is 12.3 Å². The summed E-state index contributed by atoms with van der Waals surface area (Å²) in [5.41, 5.74) is 3.60. The van der Waals surface area contributed by atoms with Gasteiger partial charge < -0.3 is 10.6 Å². The average Bonchev–Trinajstić information content (AvgIpc) is 3.11. The summed E-state index contributed by atoms with van der Waals surface area (Å²) in [6.07, 6.45) is 7.35. The van der Waals surface area contributed by atoms with Crippen LogP contribution in [0.3, 0.4) is 0 Å². The third-order valence-corrected chi connectivity index (χ3v) is 3.87. The van der Waals surface area contributed by atoms with Crippen molar-refractivity contribution in [2.24, 2.45) is 5.92 Å². The zero-order chi connectivity index (χ0) is 13.9. The number of rotatable bonds is 4. The summed E-state index contributed by atoms with van der Waals surface area (Å²) >= 11 is 0. The first-order valence-electron chi connectivity index (χ1n) is 6.85. The summed E-state index contributed by atoms with van der Waals surface area (Å²) in [5, 5.41) is 17.3. The number of nitrogens with zero attached hydrogens (tertiary/aromatic N) is 1. The third kappa shape index (κ3) is 2.52. The van der Waals surface area contributed by atoms with Gasteiger partial charge in [0.25, 0.3) is 5.69 Å². The van der Waals surface area contributed by atoms with Crippen LogP contribution in [0.2, 0.25) is 0 Å². The molecule has 5 nitrogen and oxygen atoms in total. The molecule has 1 unspecified atom stereocenters. The Morgan fingerprint density at radius 2 is 2.30 bits per heavy atom. The summed E-state index contributed by atoms with van der Waals surface area (Å²) in [6, 6.07) is 6.95. The second kappa shape index (κ2) is 5.36. The molecule has 2 aliphatic rings. The highest BCUT2D eigenvalue weighted by molar-refractivity contribution is 5.71. The van der Waals surface area contributed by atoms with Crippen LogP contribution in [0.25, 0.3) is 5.57 Å². The van der Waals surface area contributed by atoms with Crippen LogP contribution in [0.5, 0.6) is 0 Å². The van der Waals surface area contributed by atoms with Crippen molar-refractivity contribution >= 4 is 11.3 Å². The molecule has 0 saturated heterocycles. The molecule has 0 bridgehead atoms. The largest absolute Gasteiger partial charge is 0.372 e. The molecular formula is C15H17N3O2. The van der Waals surface area contributed by atoms with E-state index in [2.05, 4.69) is 16.7 Å². The van der Waals surface area contributed by atoms with Crippen molar-refractivity contribution in [3.05, 3.63) is 57.9 Å². The van der Waals surface area contributed by atoms with Gasteiger partial charge >= 0.3 is 0 Å². The lowest BCUT2D eigenvalue weighted by Crippen LogP contribution is -2.15. The molecule has 1 aromatic rings. The minimum absolute atomic E-state index is 0.161. The molecule has 0 amide bonds. The van der Waals surface area contributed by atoms with Gasteiger partial charge in [0.1, 0.15) is 0 Å². The molecule has 1 aliphatic carbocycles. The monoisotopic (exact) mass is 271 g/mol. The first-order chi connectivity index (χ1) is 9.74. The molecule has 0 saturated carbocycles. The first-order valence-corrected chi connectivity index (χ1v) is 6.85. The van der Waals surface area contributed by atoms with E-state index in [4.69, 9.17) is 0 Å². The number of nitro benzene ring substituents is 1. The number of hydrogen-bond acceptors (Lipinski definition) is 4. The molecule has 5 heteroatoms. The zero-order valence-corrected chi connectivity index (χ0v) is 11.1. The number of benzene rings is 1. The smallest absolute Gasteiger partial charge is 0.270 e. The quantitative estimate of drug-likeness (QED) is 0.652. The Bertz CT molecular complexity index is 593. The van der Waals surface area contributed by atoms with Gasteiger partial charge in [0.15, 0.2) is 0 Å². The van der Waals surface area contributed by atoms with Gasteiger partial charge in [-0.05, 0) is 36.3 Å². The van der Waals surface area contributed by atoms with Crippen LogP contribution < -0.4 is 10.6 Å². The van der Waals surface area contributed by atoms with E-state index in [-0.39, 0.29) is 10.6 Å². The lowest BCUT2D eigenvalue weighted by atomic mass is 9.91. The fourth-order valence-corrected chi connectivity index (χ4v) is 2.91. The number of hydrogen-bond donors (Lipinski definition) is 2. The Morgan fingerprint density at radius 1 is 1.40 bits per heavy atom. The number of nitrogens with one attached hydrogen (secondary N) is 2. The van der Waals surface area contributed by atoms with E-state index in [9.17, 15) is 10.1 Å². The van der Waals surface area contributed by atoms with E-state index < -0.39 is 0 Å². The molecule has 0 spiro atoms. The van der Waals surface area contributed by atoms with Crippen LogP contribution in [-0.2, 0) is 0 Å². The summed E-state index contributed by atoms with van der Waals surface area (Å²) in [4.78, 5) is 10.6. The van der Waals surface area contributed by atoms with Crippen LogP contribution in [0.1, 0.15) is 24.8 Å². The maximum Gasteiger partial charge on any atom is 0.270 e. The van der Waals surface area contributed by atoms with Crippen molar-refractivity contribution in [2.75, 3.05) is 6.67 Å². The van der Waals surface area contributed by atoms with Crippen molar-refractivity contribution < 1.29 is 4.92 Å². The number of allylic oxidation sites excluding steroid dienone is 3. The normalized spacial score (nSPS) is 20.9. The Kier molecular flexibility index (Phi) is 3.41. The zero-order valence-electron chi connectivity index (χ0n) is 11.1. The van der Waals surface area contributed by atoms with Gasteiger partial charge in [-0.1, -0.05) is 18.2 Å². The highest BCUT2D eigenvalue weighted by Crippen LogP contribution is 2.38. The molecule has 104 valence electrons. The maximum absolute atomic E-state index is 10.9. The molecule has 0 radical (unpaired) electrons. The van der Waals surface area contributed by atoms with E-state index in [1.54, 1.807) is 18.2 Å². The maximum atomic E-state index is 10.9. The van der Waals surface area contributed by atoms with Gasteiger partial charge in [-0.25, -0.2) is 0 Å². The summed E-state index contributed by atoms with van der Waals surface area (Å²) in [5.74, 6) is 0.440. The third-order valence-electron chi connectivity index (χ3n) is 3.87. The van der Waals surface area contributed by atoms with Crippen molar-refractivity contribution in [2.45, 2.75) is 19.3 Å². The van der Waals surface area contributed by atoms with Gasteiger partial charge in [0, 0.05) is 24.0 Å². The second-order valence-corrected chi connectivity index (χ2v) is 5.17. The van der Waals surface area contributed by atoms with Gasteiger partial charge in [-0.3, -0.25) is 10.1 Å². The Morgan fingerprint density at radius 3 is 3.05 bits per heavy atom. The number of nitro groups is 1. The van der Waals surface area contributed by atoms with Crippen LogP contribution in [0.4, 0.5) is 5.69 Å². The molecular weight excluding hydrogens is 254 g/mol. The van der Waals surface area contributed by atoms with Crippen molar-refractivity contribution in [1.29, 1.82) is 0 Å².